The average Bonchev–Trinajstić information content (AvgIpc) is 2.03. The number of Topliss-reactive ketones (excluding diaryl/α,β-unsaturated/α-hetero) is 1. The Balaban J connectivity index is 3.04. The second kappa shape index (κ2) is 3.87. The Kier molecular flexibility index (Phi) is 3.06. The van der Waals surface area contributed by atoms with Crippen LogP contribution >= 0.6 is 27.5 Å². The predicted molar refractivity (Wildman–Crippen MR) is 53.8 cm³/mol. The van der Waals surface area contributed by atoms with E-state index < -0.39 is 0 Å². The third kappa shape index (κ3) is 2.19. The largest absolute Gasteiger partial charge is 0.288 e. The van der Waals surface area contributed by atoms with E-state index in [1.54, 1.807) is 24.3 Å². The molecular weight excluding hydrogens is 239 g/mol. The van der Waals surface area contributed by atoms with Crippen LogP contribution in [0.25, 0.3) is 0 Å². The molecule has 0 heterocycles. The van der Waals surface area contributed by atoms with E-state index in [9.17, 15) is 4.79 Å². The summed E-state index contributed by atoms with van der Waals surface area (Å²) in [6, 6.07) is 6.75. The molecule has 1 nitrogen and oxygen atoms in total. The number of benzene rings is 1. The molecule has 1 rings (SSSR count). The number of carbonyl (C=O) groups is 1. The highest BCUT2D eigenvalue weighted by Gasteiger charge is 2.06. The molecule has 0 atom stereocenters. The number of ketones is 1. The highest BCUT2D eigenvalue weighted by molar-refractivity contribution is 9.12. The fourth-order valence-corrected chi connectivity index (χ4v) is 1.21. The first-order chi connectivity index (χ1) is 5.61. The summed E-state index contributed by atoms with van der Waals surface area (Å²) in [6.45, 7) is 3.49. The van der Waals surface area contributed by atoms with E-state index in [1.807, 2.05) is 0 Å². The molecule has 1 aromatic rings. The molecule has 0 aliphatic carbocycles. The Morgan fingerprint density at radius 2 is 2.17 bits per heavy atom. The van der Waals surface area contributed by atoms with Crippen molar-refractivity contribution in [3.05, 3.63) is 45.9 Å². The van der Waals surface area contributed by atoms with Gasteiger partial charge in [0.1, 0.15) is 0 Å². The van der Waals surface area contributed by atoms with Crippen LogP contribution in [-0.4, -0.2) is 5.78 Å². The van der Waals surface area contributed by atoms with E-state index in [2.05, 4.69) is 22.5 Å². The number of allylic oxidation sites excluding steroid dienone is 1. The Morgan fingerprint density at radius 1 is 1.50 bits per heavy atom. The van der Waals surface area contributed by atoms with Crippen molar-refractivity contribution in [2.75, 3.05) is 0 Å². The number of rotatable bonds is 2. The van der Waals surface area contributed by atoms with Crippen LogP contribution in [0.2, 0.25) is 5.02 Å². The molecule has 0 amide bonds. The second-order valence-electron chi connectivity index (χ2n) is 2.24. The lowest BCUT2D eigenvalue weighted by atomic mass is 10.1. The summed E-state index contributed by atoms with van der Waals surface area (Å²) in [5.74, 6) is -0.141. The van der Waals surface area contributed by atoms with Crippen molar-refractivity contribution >= 4 is 33.3 Å². The highest BCUT2D eigenvalue weighted by atomic mass is 79.9. The maximum Gasteiger partial charge on any atom is 0.199 e. The molecule has 3 heteroatoms. The molecule has 1 aromatic carbocycles. The third-order valence-corrected chi connectivity index (χ3v) is 1.93. The predicted octanol–water partition coefficient (Wildman–Crippen LogP) is 3.43. The van der Waals surface area contributed by atoms with Gasteiger partial charge < -0.3 is 0 Å². The van der Waals surface area contributed by atoms with Gasteiger partial charge in [0.25, 0.3) is 0 Å². The molecule has 0 saturated heterocycles. The van der Waals surface area contributed by atoms with Crippen molar-refractivity contribution < 1.29 is 4.79 Å². The zero-order valence-electron chi connectivity index (χ0n) is 6.18. The van der Waals surface area contributed by atoms with Gasteiger partial charge in [0.05, 0.1) is 4.48 Å². The van der Waals surface area contributed by atoms with E-state index in [-0.39, 0.29) is 5.78 Å². The quantitative estimate of drug-likeness (QED) is 0.576. The van der Waals surface area contributed by atoms with Crippen LogP contribution in [0.15, 0.2) is 35.3 Å². The van der Waals surface area contributed by atoms with Crippen LogP contribution < -0.4 is 0 Å². The zero-order chi connectivity index (χ0) is 9.14. The van der Waals surface area contributed by atoms with Gasteiger partial charge in [-0.15, -0.1) is 0 Å². The summed E-state index contributed by atoms with van der Waals surface area (Å²) in [6.07, 6.45) is 0. The molecule has 0 bridgehead atoms. The summed E-state index contributed by atoms with van der Waals surface area (Å²) >= 11 is 8.71. The topological polar surface area (TPSA) is 17.1 Å². The third-order valence-electron chi connectivity index (χ3n) is 1.33. The summed E-state index contributed by atoms with van der Waals surface area (Å²) in [7, 11) is 0. The summed E-state index contributed by atoms with van der Waals surface area (Å²) in [5.41, 5.74) is 0.546. The average molecular weight is 246 g/mol. The maximum atomic E-state index is 11.3. The molecule has 0 radical (unpaired) electrons. The van der Waals surface area contributed by atoms with Gasteiger partial charge in [-0.3, -0.25) is 4.79 Å². The SMILES string of the molecule is C=C(Br)C(=O)c1cccc(Cl)c1. The molecule has 0 unspecified atom stereocenters. The smallest absolute Gasteiger partial charge is 0.199 e. The van der Waals surface area contributed by atoms with E-state index >= 15 is 0 Å². The molecule has 12 heavy (non-hydrogen) atoms. The molecule has 0 aliphatic rings. The van der Waals surface area contributed by atoms with Gasteiger partial charge in [0.2, 0.25) is 0 Å². The van der Waals surface area contributed by atoms with Crippen LogP contribution in [0.5, 0.6) is 0 Å². The molecule has 0 saturated carbocycles. The lowest BCUT2D eigenvalue weighted by Gasteiger charge is -1.97. The van der Waals surface area contributed by atoms with Gasteiger partial charge in [-0.25, -0.2) is 0 Å². The minimum atomic E-state index is -0.141. The van der Waals surface area contributed by atoms with E-state index in [4.69, 9.17) is 11.6 Å². The van der Waals surface area contributed by atoms with Crippen molar-refractivity contribution in [2.24, 2.45) is 0 Å². The van der Waals surface area contributed by atoms with Gasteiger partial charge in [0, 0.05) is 10.6 Å². The standard InChI is InChI=1S/C9H6BrClO/c1-6(10)9(12)7-3-2-4-8(11)5-7/h2-5H,1H2. The molecule has 0 aliphatic heterocycles. The van der Waals surface area contributed by atoms with Gasteiger partial charge in [-0.2, -0.15) is 0 Å². The van der Waals surface area contributed by atoms with Crippen LogP contribution in [0.4, 0.5) is 0 Å². The monoisotopic (exact) mass is 244 g/mol. The summed E-state index contributed by atoms with van der Waals surface area (Å²) in [4.78, 5) is 11.3. The molecule has 0 aromatic heterocycles. The van der Waals surface area contributed by atoms with Crippen LogP contribution in [0.3, 0.4) is 0 Å². The highest BCUT2D eigenvalue weighted by Crippen LogP contribution is 2.15. The number of hydrogen-bond donors (Lipinski definition) is 0. The fourth-order valence-electron chi connectivity index (χ4n) is 0.786. The van der Waals surface area contributed by atoms with Crippen molar-refractivity contribution in [2.45, 2.75) is 0 Å². The Bertz CT molecular complexity index is 333. The van der Waals surface area contributed by atoms with Gasteiger partial charge in [-0.1, -0.05) is 30.3 Å². The lowest BCUT2D eigenvalue weighted by Crippen LogP contribution is -1.96. The van der Waals surface area contributed by atoms with Gasteiger partial charge in [-0.05, 0) is 28.1 Å². The van der Waals surface area contributed by atoms with Crippen LogP contribution in [0.1, 0.15) is 10.4 Å². The first-order valence-electron chi connectivity index (χ1n) is 3.26. The maximum absolute atomic E-state index is 11.3. The van der Waals surface area contributed by atoms with E-state index in [0.717, 1.165) is 0 Å². The summed E-state index contributed by atoms with van der Waals surface area (Å²) in [5, 5.41) is 0.551. The van der Waals surface area contributed by atoms with Crippen molar-refractivity contribution in [3.8, 4) is 0 Å². The van der Waals surface area contributed by atoms with Crippen LogP contribution in [0, 0.1) is 0 Å². The molecule has 0 N–H and O–H groups in total. The Hall–Kier alpha value is -0.600. The normalized spacial score (nSPS) is 9.50. The zero-order valence-corrected chi connectivity index (χ0v) is 8.52. The number of halogens is 2. The fraction of sp³-hybridized carbons (Fsp3) is 0. The first-order valence-corrected chi connectivity index (χ1v) is 4.43. The second-order valence-corrected chi connectivity index (χ2v) is 3.64. The minimum absolute atomic E-state index is 0.141. The van der Waals surface area contributed by atoms with E-state index in [1.165, 1.54) is 0 Å². The Labute approximate surface area is 84.2 Å². The number of hydrogen-bond acceptors (Lipinski definition) is 1. The molecule has 0 fully saturated rings. The number of carbonyl (C=O) groups excluding carboxylic acids is 1. The molecule has 62 valence electrons. The lowest BCUT2D eigenvalue weighted by molar-refractivity contribution is 0.104. The molecular formula is C9H6BrClO. The van der Waals surface area contributed by atoms with Gasteiger partial charge in [0.15, 0.2) is 5.78 Å². The van der Waals surface area contributed by atoms with Crippen LogP contribution in [-0.2, 0) is 0 Å². The minimum Gasteiger partial charge on any atom is -0.288 e. The van der Waals surface area contributed by atoms with Crippen molar-refractivity contribution in [3.63, 3.8) is 0 Å². The first kappa shape index (κ1) is 9.49. The van der Waals surface area contributed by atoms with Crippen molar-refractivity contribution in [1.29, 1.82) is 0 Å². The van der Waals surface area contributed by atoms with Crippen molar-refractivity contribution in [1.82, 2.24) is 0 Å². The van der Waals surface area contributed by atoms with Gasteiger partial charge >= 0.3 is 0 Å². The summed E-state index contributed by atoms with van der Waals surface area (Å²) < 4.78 is 0.338. The molecule has 0 spiro atoms. The van der Waals surface area contributed by atoms with E-state index in [0.29, 0.717) is 15.1 Å². The Morgan fingerprint density at radius 3 is 2.67 bits per heavy atom.